The van der Waals surface area contributed by atoms with Crippen LogP contribution in [0.1, 0.15) is 31.2 Å². The van der Waals surface area contributed by atoms with Gasteiger partial charge in [0.15, 0.2) is 0 Å². The van der Waals surface area contributed by atoms with Gasteiger partial charge in [-0.2, -0.15) is 0 Å². The summed E-state index contributed by atoms with van der Waals surface area (Å²) in [6, 6.07) is 6.21. The molecule has 1 saturated heterocycles. The maximum Gasteiger partial charge on any atom is 0.242 e. The number of hydrogen-bond acceptors (Lipinski definition) is 4. The van der Waals surface area contributed by atoms with Crippen molar-refractivity contribution in [2.75, 3.05) is 20.1 Å². The molecule has 1 aromatic carbocycles. The zero-order valence-electron chi connectivity index (χ0n) is 14.1. The summed E-state index contributed by atoms with van der Waals surface area (Å²) in [4.78, 5) is 16.4. The predicted molar refractivity (Wildman–Crippen MR) is 89.6 cm³/mol. The van der Waals surface area contributed by atoms with Crippen molar-refractivity contribution in [1.82, 2.24) is 9.80 Å². The largest absolute Gasteiger partial charge is 0.390 e. The standard InChI is InChI=1S/C18H26FN3O2/c1-21(10-13-4-6-14(19)7-5-13)15-11-22(12-16(15)23)17(24)18(20)8-2-3-9-18/h4-7,15-16,23H,2-3,8-12,20H2,1H3/t15-,16-/m1/s1. The number of hydrogen-bond donors (Lipinski definition) is 2. The molecule has 5 nitrogen and oxygen atoms in total. The van der Waals surface area contributed by atoms with Gasteiger partial charge in [-0.15, -0.1) is 0 Å². The van der Waals surface area contributed by atoms with E-state index in [1.165, 1.54) is 12.1 Å². The van der Waals surface area contributed by atoms with Crippen molar-refractivity contribution in [3.8, 4) is 0 Å². The van der Waals surface area contributed by atoms with Crippen LogP contribution in [-0.2, 0) is 11.3 Å². The Morgan fingerprint density at radius 2 is 1.96 bits per heavy atom. The van der Waals surface area contributed by atoms with Gasteiger partial charge in [0.1, 0.15) is 5.82 Å². The third-order valence-electron chi connectivity index (χ3n) is 5.38. The molecule has 1 aliphatic heterocycles. The predicted octanol–water partition coefficient (Wildman–Crippen LogP) is 1.10. The lowest BCUT2D eigenvalue weighted by Gasteiger charge is -2.29. The Hall–Kier alpha value is -1.50. The highest BCUT2D eigenvalue weighted by molar-refractivity contribution is 5.86. The number of carbonyl (C=O) groups excluding carboxylic acids is 1. The van der Waals surface area contributed by atoms with Crippen LogP contribution in [0, 0.1) is 5.82 Å². The van der Waals surface area contributed by atoms with Crippen molar-refractivity contribution in [3.05, 3.63) is 35.6 Å². The highest BCUT2D eigenvalue weighted by atomic mass is 19.1. The van der Waals surface area contributed by atoms with Gasteiger partial charge in [-0.25, -0.2) is 4.39 Å². The zero-order chi connectivity index (χ0) is 17.3. The van der Waals surface area contributed by atoms with Crippen molar-refractivity contribution >= 4 is 5.91 Å². The second-order valence-electron chi connectivity index (χ2n) is 7.25. The average Bonchev–Trinajstić information content (AvgIpc) is 3.16. The van der Waals surface area contributed by atoms with Crippen molar-refractivity contribution in [3.63, 3.8) is 0 Å². The van der Waals surface area contributed by atoms with Crippen LogP contribution < -0.4 is 5.73 Å². The van der Waals surface area contributed by atoms with Gasteiger partial charge in [-0.05, 0) is 37.6 Å². The average molecular weight is 335 g/mol. The molecule has 1 saturated carbocycles. The molecule has 2 atom stereocenters. The van der Waals surface area contributed by atoms with E-state index in [1.54, 1.807) is 17.0 Å². The number of likely N-dealkylation sites (N-methyl/N-ethyl adjacent to an activating group) is 1. The van der Waals surface area contributed by atoms with Crippen LogP contribution in [0.25, 0.3) is 0 Å². The number of aliphatic hydroxyl groups is 1. The molecule has 0 bridgehead atoms. The van der Waals surface area contributed by atoms with E-state index in [-0.39, 0.29) is 17.8 Å². The third-order valence-corrected chi connectivity index (χ3v) is 5.38. The van der Waals surface area contributed by atoms with Crippen LogP contribution in [-0.4, -0.2) is 58.6 Å². The SMILES string of the molecule is CN(Cc1ccc(F)cc1)[C@@H]1CN(C(=O)C2(N)CCCC2)C[C@H]1O. The normalized spacial score (nSPS) is 26.3. The Morgan fingerprint density at radius 1 is 1.33 bits per heavy atom. The fourth-order valence-corrected chi connectivity index (χ4v) is 3.90. The number of nitrogens with zero attached hydrogens (tertiary/aromatic N) is 2. The number of carbonyl (C=O) groups is 1. The summed E-state index contributed by atoms with van der Waals surface area (Å²) in [7, 11) is 1.92. The summed E-state index contributed by atoms with van der Waals surface area (Å²) < 4.78 is 13.0. The molecule has 3 rings (SSSR count). The van der Waals surface area contributed by atoms with Crippen LogP contribution in [0.4, 0.5) is 4.39 Å². The first-order valence-corrected chi connectivity index (χ1v) is 8.60. The van der Waals surface area contributed by atoms with Gasteiger partial charge in [0, 0.05) is 19.6 Å². The number of likely N-dealkylation sites (tertiary alicyclic amines) is 1. The van der Waals surface area contributed by atoms with Crippen LogP contribution in [0.3, 0.4) is 0 Å². The maximum absolute atomic E-state index is 13.0. The first kappa shape index (κ1) is 17.3. The quantitative estimate of drug-likeness (QED) is 0.864. The molecule has 0 unspecified atom stereocenters. The van der Waals surface area contributed by atoms with Gasteiger partial charge in [-0.1, -0.05) is 25.0 Å². The number of halogens is 1. The Morgan fingerprint density at radius 3 is 2.58 bits per heavy atom. The molecule has 24 heavy (non-hydrogen) atoms. The van der Waals surface area contributed by atoms with Crippen LogP contribution in [0.5, 0.6) is 0 Å². The summed E-state index contributed by atoms with van der Waals surface area (Å²) >= 11 is 0. The van der Waals surface area contributed by atoms with E-state index in [0.29, 0.717) is 19.6 Å². The van der Waals surface area contributed by atoms with E-state index < -0.39 is 11.6 Å². The summed E-state index contributed by atoms with van der Waals surface area (Å²) in [6.45, 7) is 1.41. The zero-order valence-corrected chi connectivity index (χ0v) is 14.1. The molecule has 0 radical (unpaired) electrons. The second kappa shape index (κ2) is 6.78. The molecule has 3 N–H and O–H groups in total. The van der Waals surface area contributed by atoms with E-state index in [9.17, 15) is 14.3 Å². The number of amides is 1. The minimum Gasteiger partial charge on any atom is -0.390 e. The highest BCUT2D eigenvalue weighted by Gasteiger charge is 2.44. The minimum atomic E-state index is -0.746. The van der Waals surface area contributed by atoms with E-state index >= 15 is 0 Å². The monoisotopic (exact) mass is 335 g/mol. The highest BCUT2D eigenvalue weighted by Crippen LogP contribution is 2.30. The summed E-state index contributed by atoms with van der Waals surface area (Å²) in [5.74, 6) is -0.291. The summed E-state index contributed by atoms with van der Waals surface area (Å²) in [5, 5.41) is 10.4. The maximum atomic E-state index is 13.0. The Bertz CT molecular complexity index is 586. The van der Waals surface area contributed by atoms with Crippen molar-refractivity contribution in [2.24, 2.45) is 5.73 Å². The van der Waals surface area contributed by atoms with Crippen LogP contribution >= 0.6 is 0 Å². The minimum absolute atomic E-state index is 0.0308. The van der Waals surface area contributed by atoms with Gasteiger partial charge in [0.25, 0.3) is 0 Å². The Kier molecular flexibility index (Phi) is 4.90. The van der Waals surface area contributed by atoms with E-state index in [2.05, 4.69) is 0 Å². The molecular formula is C18H26FN3O2. The van der Waals surface area contributed by atoms with Gasteiger partial charge in [0.05, 0.1) is 17.7 Å². The van der Waals surface area contributed by atoms with E-state index in [1.807, 2.05) is 11.9 Å². The number of nitrogens with two attached hydrogens (primary N) is 1. The number of aliphatic hydroxyl groups excluding tert-OH is 1. The molecule has 2 fully saturated rings. The molecule has 1 amide bonds. The molecule has 0 aromatic heterocycles. The van der Waals surface area contributed by atoms with E-state index in [0.717, 1.165) is 31.2 Å². The Labute approximate surface area is 142 Å². The smallest absolute Gasteiger partial charge is 0.242 e. The van der Waals surface area contributed by atoms with Crippen LogP contribution in [0.15, 0.2) is 24.3 Å². The van der Waals surface area contributed by atoms with Gasteiger partial charge in [0.2, 0.25) is 5.91 Å². The molecule has 1 aromatic rings. The summed E-state index contributed by atoms with van der Waals surface area (Å²) in [5.41, 5.74) is 6.49. The fourth-order valence-electron chi connectivity index (χ4n) is 3.90. The molecule has 0 spiro atoms. The number of rotatable bonds is 4. The molecule has 1 aliphatic carbocycles. The van der Waals surface area contributed by atoms with Crippen molar-refractivity contribution < 1.29 is 14.3 Å². The fraction of sp³-hybridized carbons (Fsp3) is 0.611. The summed E-state index contributed by atoms with van der Waals surface area (Å²) in [6.07, 6.45) is 2.85. The van der Waals surface area contributed by atoms with Gasteiger partial charge < -0.3 is 15.7 Å². The van der Waals surface area contributed by atoms with Crippen LogP contribution in [0.2, 0.25) is 0 Å². The first-order chi connectivity index (χ1) is 11.4. The number of benzene rings is 1. The molecule has 6 heteroatoms. The van der Waals surface area contributed by atoms with Crippen molar-refractivity contribution in [2.45, 2.75) is 49.9 Å². The van der Waals surface area contributed by atoms with Crippen molar-refractivity contribution in [1.29, 1.82) is 0 Å². The molecule has 1 heterocycles. The topological polar surface area (TPSA) is 69.8 Å². The van der Waals surface area contributed by atoms with E-state index in [4.69, 9.17) is 5.73 Å². The lowest BCUT2D eigenvalue weighted by atomic mass is 9.97. The lowest BCUT2D eigenvalue weighted by molar-refractivity contribution is -0.136. The van der Waals surface area contributed by atoms with Gasteiger partial charge >= 0.3 is 0 Å². The lowest BCUT2D eigenvalue weighted by Crippen LogP contribution is -2.53. The molecule has 2 aliphatic rings. The number of β-amino-alcohol motifs (C(OH)–C–C–N with tert-alkyl or cyclic N) is 1. The molecular weight excluding hydrogens is 309 g/mol. The molecule has 132 valence electrons. The Balaban J connectivity index is 1.62. The first-order valence-electron chi connectivity index (χ1n) is 8.60. The second-order valence-corrected chi connectivity index (χ2v) is 7.25. The van der Waals surface area contributed by atoms with Gasteiger partial charge in [-0.3, -0.25) is 9.69 Å². The third kappa shape index (κ3) is 3.45.